The quantitative estimate of drug-likeness (QED) is 0.891. The van der Waals surface area contributed by atoms with E-state index in [-0.39, 0.29) is 16.8 Å². The Kier molecular flexibility index (Phi) is 5.48. The highest BCUT2D eigenvalue weighted by Gasteiger charge is 2.34. The minimum absolute atomic E-state index is 0.155. The van der Waals surface area contributed by atoms with Gasteiger partial charge in [-0.05, 0) is 49.2 Å². The summed E-state index contributed by atoms with van der Waals surface area (Å²) >= 11 is 0. The van der Waals surface area contributed by atoms with Crippen LogP contribution in [-0.2, 0) is 21.9 Å². The average Bonchev–Trinajstić information content (AvgIpc) is 2.87. The summed E-state index contributed by atoms with van der Waals surface area (Å²) in [6.07, 6.45) is 5.69. The van der Waals surface area contributed by atoms with Crippen molar-refractivity contribution in [3.63, 3.8) is 0 Å². The highest BCUT2D eigenvalue weighted by atomic mass is 32.2. The Balaban J connectivity index is 1.94. The molecule has 6 nitrogen and oxygen atoms in total. The third-order valence-corrected chi connectivity index (χ3v) is 6.73. The summed E-state index contributed by atoms with van der Waals surface area (Å²) in [4.78, 5) is 11.4. The third-order valence-electron chi connectivity index (χ3n) is 4.81. The predicted octanol–water partition coefficient (Wildman–Crippen LogP) is 3.29. The van der Waals surface area contributed by atoms with Crippen molar-refractivity contribution >= 4 is 21.6 Å². The first-order valence-electron chi connectivity index (χ1n) is 8.90. The zero-order chi connectivity index (χ0) is 18.7. The van der Waals surface area contributed by atoms with Crippen molar-refractivity contribution in [3.8, 4) is 0 Å². The fourth-order valence-corrected chi connectivity index (χ4v) is 5.20. The molecule has 140 valence electrons. The molecule has 1 fully saturated rings. The van der Waals surface area contributed by atoms with E-state index in [1.54, 1.807) is 28.6 Å². The van der Waals surface area contributed by atoms with Crippen LogP contribution in [0.1, 0.15) is 44.3 Å². The third kappa shape index (κ3) is 3.83. The second-order valence-electron chi connectivity index (χ2n) is 6.73. The van der Waals surface area contributed by atoms with Gasteiger partial charge in [0.15, 0.2) is 0 Å². The molecule has 1 unspecified atom stereocenters. The van der Waals surface area contributed by atoms with Crippen LogP contribution in [0.5, 0.6) is 0 Å². The van der Waals surface area contributed by atoms with E-state index in [4.69, 9.17) is 0 Å². The van der Waals surface area contributed by atoms with Crippen molar-refractivity contribution in [1.82, 2.24) is 8.87 Å². The monoisotopic (exact) mass is 375 g/mol. The number of rotatable bonds is 4. The second-order valence-corrected chi connectivity index (χ2v) is 8.62. The molecule has 1 N–H and O–H groups in total. The Bertz CT molecular complexity index is 872. The predicted molar refractivity (Wildman–Crippen MR) is 101 cm³/mol. The van der Waals surface area contributed by atoms with Crippen LogP contribution in [0.25, 0.3) is 0 Å². The molecule has 26 heavy (non-hydrogen) atoms. The molecule has 1 aromatic carbocycles. The average molecular weight is 375 g/mol. The molecule has 1 aliphatic heterocycles. The number of anilines is 1. The summed E-state index contributed by atoms with van der Waals surface area (Å²) in [5.74, 6) is -0.183. The fourth-order valence-electron chi connectivity index (χ4n) is 3.53. The maximum Gasteiger partial charge on any atom is 0.243 e. The number of aryl methyl sites for hydroxylation is 1. The first-order valence-corrected chi connectivity index (χ1v) is 10.3. The number of nitrogens with zero attached hydrogens (tertiary/aromatic N) is 2. The van der Waals surface area contributed by atoms with Crippen molar-refractivity contribution in [1.29, 1.82) is 0 Å². The van der Waals surface area contributed by atoms with Gasteiger partial charge in [0.2, 0.25) is 15.9 Å². The lowest BCUT2D eigenvalue weighted by atomic mass is 10.1. The van der Waals surface area contributed by atoms with Gasteiger partial charge in [0, 0.05) is 38.1 Å². The standard InChI is InChI=1S/C19H25N3O3S/c1-15(23)20-16-9-11-17(12-10-16)26(24,25)22-14-5-3-4-7-19(22)18-8-6-13-21(18)2/h6,8-13,19H,3-5,7,14H2,1-2H3,(H,20,23). The molecule has 0 radical (unpaired) electrons. The summed E-state index contributed by atoms with van der Waals surface area (Å²) in [5, 5.41) is 2.66. The van der Waals surface area contributed by atoms with Crippen molar-refractivity contribution in [2.45, 2.75) is 43.5 Å². The maximum atomic E-state index is 13.3. The van der Waals surface area contributed by atoms with Gasteiger partial charge in [0.05, 0.1) is 10.9 Å². The SMILES string of the molecule is CC(=O)Nc1ccc(S(=O)(=O)N2CCCCCC2c2cccn2C)cc1. The maximum absolute atomic E-state index is 13.3. The van der Waals surface area contributed by atoms with Crippen molar-refractivity contribution in [2.75, 3.05) is 11.9 Å². The summed E-state index contributed by atoms with van der Waals surface area (Å²) in [6, 6.07) is 10.2. The number of benzene rings is 1. The zero-order valence-electron chi connectivity index (χ0n) is 15.2. The van der Waals surface area contributed by atoms with Crippen LogP contribution >= 0.6 is 0 Å². The van der Waals surface area contributed by atoms with Gasteiger partial charge in [-0.1, -0.05) is 12.8 Å². The Morgan fingerprint density at radius 2 is 1.85 bits per heavy atom. The number of amides is 1. The molecular formula is C19H25N3O3S. The van der Waals surface area contributed by atoms with E-state index in [0.29, 0.717) is 12.2 Å². The van der Waals surface area contributed by atoms with Gasteiger partial charge < -0.3 is 9.88 Å². The van der Waals surface area contributed by atoms with Crippen molar-refractivity contribution < 1.29 is 13.2 Å². The van der Waals surface area contributed by atoms with Crippen LogP contribution in [0.15, 0.2) is 47.5 Å². The first-order chi connectivity index (χ1) is 12.4. The van der Waals surface area contributed by atoms with Crippen LogP contribution in [0.3, 0.4) is 0 Å². The highest BCUT2D eigenvalue weighted by molar-refractivity contribution is 7.89. The number of carbonyl (C=O) groups is 1. The molecule has 1 amide bonds. The number of aromatic nitrogens is 1. The van der Waals surface area contributed by atoms with Gasteiger partial charge in [0.1, 0.15) is 0 Å². The number of carbonyl (C=O) groups excluding carboxylic acids is 1. The van der Waals surface area contributed by atoms with Crippen molar-refractivity contribution in [3.05, 3.63) is 48.3 Å². The lowest BCUT2D eigenvalue weighted by molar-refractivity contribution is -0.114. The van der Waals surface area contributed by atoms with E-state index >= 15 is 0 Å². The molecule has 1 saturated heterocycles. The number of nitrogens with one attached hydrogen (secondary N) is 1. The van der Waals surface area contributed by atoms with Gasteiger partial charge >= 0.3 is 0 Å². The van der Waals surface area contributed by atoms with E-state index < -0.39 is 10.0 Å². The van der Waals surface area contributed by atoms with Gasteiger partial charge in [-0.3, -0.25) is 4.79 Å². The van der Waals surface area contributed by atoms with Crippen LogP contribution in [0.2, 0.25) is 0 Å². The Hall–Kier alpha value is -2.12. The molecular weight excluding hydrogens is 350 g/mol. The normalized spacial score (nSPS) is 19.1. The highest BCUT2D eigenvalue weighted by Crippen LogP contribution is 2.34. The lowest BCUT2D eigenvalue weighted by Gasteiger charge is -2.29. The van der Waals surface area contributed by atoms with Crippen LogP contribution < -0.4 is 5.32 Å². The molecule has 1 aromatic heterocycles. The molecule has 3 rings (SSSR count). The van der Waals surface area contributed by atoms with E-state index in [9.17, 15) is 13.2 Å². The second kappa shape index (κ2) is 7.63. The fraction of sp³-hybridized carbons (Fsp3) is 0.421. The molecule has 1 aliphatic rings. The Morgan fingerprint density at radius 1 is 1.12 bits per heavy atom. The largest absolute Gasteiger partial charge is 0.353 e. The molecule has 0 aliphatic carbocycles. The molecule has 7 heteroatoms. The smallest absolute Gasteiger partial charge is 0.243 e. The summed E-state index contributed by atoms with van der Waals surface area (Å²) in [6.45, 7) is 1.94. The molecule has 0 spiro atoms. The lowest BCUT2D eigenvalue weighted by Crippen LogP contribution is -2.35. The van der Waals surface area contributed by atoms with Gasteiger partial charge in [0.25, 0.3) is 0 Å². The van der Waals surface area contributed by atoms with Crippen LogP contribution in [0.4, 0.5) is 5.69 Å². The summed E-state index contributed by atoms with van der Waals surface area (Å²) in [5.41, 5.74) is 1.61. The van der Waals surface area contributed by atoms with Crippen LogP contribution in [-0.4, -0.2) is 29.7 Å². The number of hydrogen-bond acceptors (Lipinski definition) is 3. The van der Waals surface area contributed by atoms with Gasteiger partial charge in [-0.2, -0.15) is 4.31 Å². The number of sulfonamides is 1. The summed E-state index contributed by atoms with van der Waals surface area (Å²) < 4.78 is 30.3. The van der Waals surface area contributed by atoms with E-state index in [0.717, 1.165) is 31.4 Å². The molecule has 1 atom stereocenters. The minimum Gasteiger partial charge on any atom is -0.353 e. The molecule has 2 aromatic rings. The topological polar surface area (TPSA) is 71.4 Å². The molecule has 0 saturated carbocycles. The summed E-state index contributed by atoms with van der Waals surface area (Å²) in [7, 11) is -1.66. The van der Waals surface area contributed by atoms with Gasteiger partial charge in [-0.15, -0.1) is 0 Å². The van der Waals surface area contributed by atoms with Crippen LogP contribution in [0, 0.1) is 0 Å². The Morgan fingerprint density at radius 3 is 2.46 bits per heavy atom. The van der Waals surface area contributed by atoms with E-state index in [1.165, 1.54) is 6.92 Å². The Labute approximate surface area is 154 Å². The van der Waals surface area contributed by atoms with Crippen molar-refractivity contribution in [2.24, 2.45) is 7.05 Å². The van der Waals surface area contributed by atoms with E-state index in [1.807, 2.05) is 29.9 Å². The zero-order valence-corrected chi connectivity index (χ0v) is 16.0. The van der Waals surface area contributed by atoms with Gasteiger partial charge in [-0.25, -0.2) is 8.42 Å². The van der Waals surface area contributed by atoms with E-state index in [2.05, 4.69) is 5.32 Å². The first kappa shape index (κ1) is 18.7. The molecule has 2 heterocycles. The number of hydrogen-bond donors (Lipinski definition) is 1. The molecule has 0 bridgehead atoms. The minimum atomic E-state index is -3.62.